The normalized spacial score (nSPS) is 17.8. The van der Waals surface area contributed by atoms with Crippen LogP contribution in [-0.2, 0) is 20.0 Å². The molecule has 212 valence electrons. The number of benzene rings is 2. The van der Waals surface area contributed by atoms with Crippen LogP contribution in [0.4, 0.5) is 0 Å². The minimum Gasteiger partial charge on any atom is -0.303 e. The highest BCUT2D eigenvalue weighted by Gasteiger charge is 2.29. The van der Waals surface area contributed by atoms with Gasteiger partial charge in [-0.25, -0.2) is 16.8 Å². The largest absolute Gasteiger partial charge is 0.303 e. The summed E-state index contributed by atoms with van der Waals surface area (Å²) in [5, 5.41) is 0. The molecular weight excluding hydrogens is 542 g/mol. The fourth-order valence-electron chi connectivity index (χ4n) is 4.49. The van der Waals surface area contributed by atoms with Crippen molar-refractivity contribution in [2.24, 2.45) is 0 Å². The van der Waals surface area contributed by atoms with Crippen molar-refractivity contribution < 1.29 is 16.8 Å². The third-order valence-electron chi connectivity index (χ3n) is 6.71. The van der Waals surface area contributed by atoms with Gasteiger partial charge in [0.05, 0.1) is 9.79 Å². The summed E-state index contributed by atoms with van der Waals surface area (Å²) in [4.78, 5) is 2.81. The molecule has 0 unspecified atom stereocenters. The van der Waals surface area contributed by atoms with Gasteiger partial charge in [0.2, 0.25) is 20.0 Å². The van der Waals surface area contributed by atoms with Gasteiger partial charge in [-0.3, -0.25) is 0 Å². The van der Waals surface area contributed by atoms with E-state index in [4.69, 9.17) is 0 Å². The lowest BCUT2D eigenvalue weighted by atomic mass is 10.2. The standard InChI is InChI=1S/C28H41N3O4S2.ClH/c1-5-6-17-29-18-7-20-30(36(32,33)27-13-9-24(2)10-14-27)22-26(4)23-31(21-8-19-29)37(34,35)28-15-11-25(3)12-16-28;/h9-16H,4-8,17-23H2,1-3H3;1H. The molecule has 0 spiro atoms. The van der Waals surface area contributed by atoms with E-state index in [2.05, 4.69) is 18.4 Å². The van der Waals surface area contributed by atoms with Crippen molar-refractivity contribution in [3.63, 3.8) is 0 Å². The van der Waals surface area contributed by atoms with E-state index in [0.717, 1.165) is 43.6 Å². The maximum atomic E-state index is 13.6. The molecule has 1 heterocycles. The summed E-state index contributed by atoms with van der Waals surface area (Å²) in [7, 11) is -7.52. The molecule has 2 aromatic carbocycles. The summed E-state index contributed by atoms with van der Waals surface area (Å²) >= 11 is 0. The maximum Gasteiger partial charge on any atom is 0.243 e. The lowest BCUT2D eigenvalue weighted by molar-refractivity contribution is 0.242. The molecule has 0 radical (unpaired) electrons. The first-order chi connectivity index (χ1) is 17.5. The van der Waals surface area contributed by atoms with Gasteiger partial charge in [-0.1, -0.05) is 55.3 Å². The molecule has 3 rings (SSSR count). The first-order valence-electron chi connectivity index (χ1n) is 13.1. The Bertz CT molecular complexity index is 1150. The number of aryl methyl sites for hydroxylation is 2. The molecule has 0 aromatic heterocycles. The van der Waals surface area contributed by atoms with Crippen LogP contribution in [0.1, 0.15) is 43.7 Å². The number of rotatable bonds is 7. The Morgan fingerprint density at radius 1 is 0.711 bits per heavy atom. The second-order valence-corrected chi connectivity index (χ2v) is 13.8. The molecule has 10 heteroatoms. The quantitative estimate of drug-likeness (QED) is 0.435. The van der Waals surface area contributed by atoms with E-state index in [1.165, 1.54) is 8.61 Å². The summed E-state index contributed by atoms with van der Waals surface area (Å²) in [5.41, 5.74) is 2.52. The van der Waals surface area contributed by atoms with Crippen LogP contribution in [0.15, 0.2) is 70.5 Å². The molecule has 1 aliphatic rings. The first-order valence-corrected chi connectivity index (χ1v) is 15.9. The Morgan fingerprint density at radius 3 is 1.47 bits per heavy atom. The fourth-order valence-corrected chi connectivity index (χ4v) is 7.49. The van der Waals surface area contributed by atoms with Crippen LogP contribution in [0.2, 0.25) is 0 Å². The number of nitrogens with zero attached hydrogens (tertiary/aromatic N) is 3. The Labute approximate surface area is 236 Å². The van der Waals surface area contributed by atoms with Crippen LogP contribution in [0, 0.1) is 13.8 Å². The SMILES string of the molecule is C=C1CN(S(=O)(=O)c2ccc(C)cc2)CCCN(CCCC)CCCN(S(=O)(=O)c2ccc(C)cc2)C1.Cl. The average Bonchev–Trinajstić information content (AvgIpc) is 2.85. The van der Waals surface area contributed by atoms with E-state index in [9.17, 15) is 16.8 Å². The third kappa shape index (κ3) is 8.63. The zero-order chi connectivity index (χ0) is 27.1. The smallest absolute Gasteiger partial charge is 0.243 e. The van der Waals surface area contributed by atoms with E-state index >= 15 is 0 Å². The molecule has 38 heavy (non-hydrogen) atoms. The van der Waals surface area contributed by atoms with Crippen molar-refractivity contribution in [1.29, 1.82) is 0 Å². The van der Waals surface area contributed by atoms with Gasteiger partial charge < -0.3 is 4.90 Å². The van der Waals surface area contributed by atoms with Gasteiger partial charge in [0.15, 0.2) is 0 Å². The monoisotopic (exact) mass is 583 g/mol. The van der Waals surface area contributed by atoms with Gasteiger partial charge in [0.25, 0.3) is 0 Å². The molecule has 0 atom stereocenters. The predicted octanol–water partition coefficient (Wildman–Crippen LogP) is 4.86. The van der Waals surface area contributed by atoms with Gasteiger partial charge in [-0.2, -0.15) is 8.61 Å². The minimum atomic E-state index is -3.76. The highest BCUT2D eigenvalue weighted by molar-refractivity contribution is 7.89. The van der Waals surface area contributed by atoms with Crippen LogP contribution in [-0.4, -0.2) is 76.2 Å². The van der Waals surface area contributed by atoms with Crippen LogP contribution in [0.25, 0.3) is 0 Å². The summed E-state index contributed by atoms with van der Waals surface area (Å²) in [6, 6.07) is 13.7. The predicted molar refractivity (Wildman–Crippen MR) is 157 cm³/mol. The van der Waals surface area contributed by atoms with Crippen molar-refractivity contribution in [2.45, 2.75) is 56.2 Å². The van der Waals surface area contributed by atoms with Crippen molar-refractivity contribution in [2.75, 3.05) is 45.8 Å². The van der Waals surface area contributed by atoms with Crippen molar-refractivity contribution in [3.8, 4) is 0 Å². The zero-order valence-electron chi connectivity index (χ0n) is 22.8. The summed E-state index contributed by atoms with van der Waals surface area (Å²) in [6.07, 6.45) is 3.52. The van der Waals surface area contributed by atoms with Gasteiger partial charge in [-0.05, 0) is 82.6 Å². The lowest BCUT2D eigenvalue weighted by Gasteiger charge is -2.30. The Kier molecular flexibility index (Phi) is 12.5. The molecule has 0 bridgehead atoms. The van der Waals surface area contributed by atoms with Gasteiger partial charge in [0, 0.05) is 26.2 Å². The molecule has 2 aromatic rings. The highest BCUT2D eigenvalue weighted by Crippen LogP contribution is 2.22. The van der Waals surface area contributed by atoms with E-state index < -0.39 is 20.0 Å². The maximum absolute atomic E-state index is 13.6. The van der Waals surface area contributed by atoms with Crippen LogP contribution in [0.3, 0.4) is 0 Å². The van der Waals surface area contributed by atoms with Crippen molar-refractivity contribution in [3.05, 3.63) is 71.8 Å². The molecule has 1 aliphatic heterocycles. The van der Waals surface area contributed by atoms with E-state index in [1.54, 1.807) is 48.5 Å². The Morgan fingerprint density at radius 2 is 1.11 bits per heavy atom. The molecule has 7 nitrogen and oxygen atoms in total. The number of unbranched alkanes of at least 4 members (excludes halogenated alkanes) is 1. The first kappa shape index (κ1) is 32.5. The van der Waals surface area contributed by atoms with Crippen LogP contribution >= 0.6 is 12.4 Å². The molecule has 1 fully saturated rings. The zero-order valence-corrected chi connectivity index (χ0v) is 25.3. The van der Waals surface area contributed by atoms with Crippen molar-refractivity contribution >= 4 is 32.5 Å². The van der Waals surface area contributed by atoms with Gasteiger partial charge in [-0.15, -0.1) is 12.4 Å². The van der Waals surface area contributed by atoms with Crippen LogP contribution < -0.4 is 0 Å². The number of hydrogen-bond donors (Lipinski definition) is 0. The minimum absolute atomic E-state index is 0. The van der Waals surface area contributed by atoms with Crippen LogP contribution in [0.5, 0.6) is 0 Å². The van der Waals surface area contributed by atoms with E-state index in [0.29, 0.717) is 31.5 Å². The average molecular weight is 584 g/mol. The molecule has 0 saturated carbocycles. The summed E-state index contributed by atoms with van der Waals surface area (Å²) in [6.45, 7) is 13.4. The molecule has 1 saturated heterocycles. The third-order valence-corrected chi connectivity index (χ3v) is 10.4. The summed E-state index contributed by atoms with van der Waals surface area (Å²) in [5.74, 6) is 0. The van der Waals surface area contributed by atoms with E-state index in [-0.39, 0.29) is 35.3 Å². The second kappa shape index (κ2) is 14.6. The molecule has 0 N–H and O–H groups in total. The van der Waals surface area contributed by atoms with Gasteiger partial charge in [0.1, 0.15) is 0 Å². The topological polar surface area (TPSA) is 78.0 Å². The van der Waals surface area contributed by atoms with Gasteiger partial charge >= 0.3 is 0 Å². The van der Waals surface area contributed by atoms with Crippen molar-refractivity contribution in [1.82, 2.24) is 13.5 Å². The molecule has 0 amide bonds. The Hall–Kier alpha value is -1.75. The summed E-state index contributed by atoms with van der Waals surface area (Å²) < 4.78 is 57.3. The molecule has 0 aliphatic carbocycles. The van der Waals surface area contributed by atoms with E-state index in [1.807, 2.05) is 13.8 Å². The fraction of sp³-hybridized carbons (Fsp3) is 0.500. The number of hydrogen-bond acceptors (Lipinski definition) is 5. The highest BCUT2D eigenvalue weighted by atomic mass is 35.5. The second-order valence-electron chi connectivity index (χ2n) is 9.96. The molecular formula is C28H42ClN3O4S2. The Balaban J connectivity index is 0.00000507. The number of halogens is 1. The number of sulfonamides is 2. The lowest BCUT2D eigenvalue weighted by Crippen LogP contribution is -2.41.